The van der Waals surface area contributed by atoms with E-state index in [1.165, 1.54) is 11.3 Å². The molecular weight excluding hydrogens is 250 g/mol. The maximum atomic E-state index is 11.9. The van der Waals surface area contributed by atoms with Crippen molar-refractivity contribution in [3.05, 3.63) is 16.1 Å². The number of carbonyl (C=O) groups is 1. The molecule has 0 saturated carbocycles. The van der Waals surface area contributed by atoms with Crippen molar-refractivity contribution in [2.24, 2.45) is 5.73 Å². The second-order valence-electron chi connectivity index (χ2n) is 3.98. The highest BCUT2D eigenvalue weighted by Crippen LogP contribution is 2.34. The number of fused-ring (bicyclic) bond motifs is 1. The minimum atomic E-state index is -0.210. The van der Waals surface area contributed by atoms with Crippen LogP contribution in [0, 0.1) is 13.8 Å². The van der Waals surface area contributed by atoms with Gasteiger partial charge in [-0.05, 0) is 19.4 Å². The van der Waals surface area contributed by atoms with E-state index in [1.54, 1.807) is 0 Å². The van der Waals surface area contributed by atoms with Crippen molar-refractivity contribution in [3.8, 4) is 0 Å². The number of thiophene rings is 1. The number of hydrogen-bond donors (Lipinski definition) is 3. The first kappa shape index (κ1) is 12.7. The number of carbonyl (C=O) groups excluding carboxylic acids is 1. The molecule has 0 atom stereocenters. The number of anilines is 1. The zero-order valence-corrected chi connectivity index (χ0v) is 11.1. The third-order valence-electron chi connectivity index (χ3n) is 2.77. The van der Waals surface area contributed by atoms with Crippen molar-refractivity contribution in [1.29, 1.82) is 0 Å². The Morgan fingerprint density at radius 3 is 2.78 bits per heavy atom. The van der Waals surface area contributed by atoms with Crippen LogP contribution < -0.4 is 16.8 Å². The lowest BCUT2D eigenvalue weighted by Gasteiger charge is -2.02. The predicted octanol–water partition coefficient (Wildman–Crippen LogP) is 0.579. The first-order valence-corrected chi connectivity index (χ1v) is 6.38. The summed E-state index contributed by atoms with van der Waals surface area (Å²) in [6, 6.07) is 0. The third-order valence-corrected chi connectivity index (χ3v) is 3.86. The highest BCUT2D eigenvalue weighted by atomic mass is 32.1. The maximum Gasteiger partial charge on any atom is 0.263 e. The SMILES string of the molecule is Cc1nnc2sc(C(=O)NCCN)c(N)c2c1C. The number of nitrogens with two attached hydrogens (primary N) is 2. The maximum absolute atomic E-state index is 11.9. The van der Waals surface area contributed by atoms with E-state index in [9.17, 15) is 4.79 Å². The van der Waals surface area contributed by atoms with Gasteiger partial charge in [0.2, 0.25) is 0 Å². The van der Waals surface area contributed by atoms with Crippen LogP contribution in [0.1, 0.15) is 20.9 Å². The fourth-order valence-electron chi connectivity index (χ4n) is 1.68. The Bertz CT molecular complexity index is 607. The summed E-state index contributed by atoms with van der Waals surface area (Å²) >= 11 is 1.25. The van der Waals surface area contributed by atoms with E-state index in [4.69, 9.17) is 11.5 Å². The van der Waals surface area contributed by atoms with Crippen LogP contribution in [0.5, 0.6) is 0 Å². The summed E-state index contributed by atoms with van der Waals surface area (Å²) in [6.07, 6.45) is 0. The molecular formula is C11H15N5OS. The molecule has 18 heavy (non-hydrogen) atoms. The first-order chi connectivity index (χ1) is 8.56. The summed E-state index contributed by atoms with van der Waals surface area (Å²) in [4.78, 5) is 13.1. The molecule has 7 heteroatoms. The van der Waals surface area contributed by atoms with E-state index in [2.05, 4.69) is 15.5 Å². The van der Waals surface area contributed by atoms with E-state index in [-0.39, 0.29) is 5.91 Å². The fourth-order valence-corrected chi connectivity index (χ4v) is 2.69. The van der Waals surface area contributed by atoms with Gasteiger partial charge in [-0.3, -0.25) is 4.79 Å². The molecule has 0 saturated heterocycles. The zero-order valence-electron chi connectivity index (χ0n) is 10.3. The van der Waals surface area contributed by atoms with Gasteiger partial charge in [0.1, 0.15) is 9.71 Å². The summed E-state index contributed by atoms with van der Waals surface area (Å²) in [7, 11) is 0. The van der Waals surface area contributed by atoms with Crippen LogP contribution in [-0.2, 0) is 0 Å². The van der Waals surface area contributed by atoms with Crippen LogP contribution in [0.4, 0.5) is 5.69 Å². The fraction of sp³-hybridized carbons (Fsp3) is 0.364. The standard InChI is InChI=1S/C11H15N5OS/c1-5-6(2)15-16-11-7(5)8(13)9(18-11)10(17)14-4-3-12/h3-4,12-13H2,1-2H3,(H,14,17). The monoisotopic (exact) mass is 265 g/mol. The topological polar surface area (TPSA) is 107 Å². The van der Waals surface area contributed by atoms with Gasteiger partial charge in [-0.25, -0.2) is 0 Å². The largest absolute Gasteiger partial charge is 0.397 e. The highest BCUT2D eigenvalue weighted by molar-refractivity contribution is 7.21. The van der Waals surface area contributed by atoms with Crippen molar-refractivity contribution in [3.63, 3.8) is 0 Å². The molecule has 96 valence electrons. The average Bonchev–Trinajstić information content (AvgIpc) is 2.69. The number of hydrogen-bond acceptors (Lipinski definition) is 6. The lowest BCUT2D eigenvalue weighted by atomic mass is 10.1. The molecule has 0 unspecified atom stereocenters. The van der Waals surface area contributed by atoms with Crippen LogP contribution in [0.25, 0.3) is 10.2 Å². The zero-order chi connectivity index (χ0) is 13.3. The Kier molecular flexibility index (Phi) is 3.44. The number of nitrogens with one attached hydrogen (secondary N) is 1. The molecule has 2 aromatic rings. The van der Waals surface area contributed by atoms with Crippen molar-refractivity contribution in [2.75, 3.05) is 18.8 Å². The number of nitrogens with zero attached hydrogens (tertiary/aromatic N) is 2. The molecule has 0 radical (unpaired) electrons. The van der Waals surface area contributed by atoms with Gasteiger partial charge in [-0.1, -0.05) is 0 Å². The Morgan fingerprint density at radius 2 is 2.11 bits per heavy atom. The molecule has 0 aliphatic heterocycles. The van der Waals surface area contributed by atoms with Gasteiger partial charge in [0.05, 0.1) is 11.4 Å². The molecule has 0 spiro atoms. The summed E-state index contributed by atoms with van der Waals surface area (Å²) in [5.41, 5.74) is 13.6. The molecule has 0 aromatic carbocycles. The first-order valence-electron chi connectivity index (χ1n) is 5.56. The molecule has 5 N–H and O–H groups in total. The summed E-state index contributed by atoms with van der Waals surface area (Å²) in [5.74, 6) is -0.210. The number of nitrogen functional groups attached to an aromatic ring is 1. The van der Waals surface area contributed by atoms with Gasteiger partial charge in [-0.15, -0.1) is 16.4 Å². The Labute approximate surface area is 108 Å². The van der Waals surface area contributed by atoms with E-state index in [0.717, 1.165) is 16.6 Å². The second kappa shape index (κ2) is 4.87. The van der Waals surface area contributed by atoms with E-state index >= 15 is 0 Å². The minimum absolute atomic E-state index is 0.210. The normalized spacial score (nSPS) is 10.8. The van der Waals surface area contributed by atoms with Crippen molar-refractivity contribution < 1.29 is 4.79 Å². The molecule has 2 heterocycles. The van der Waals surface area contributed by atoms with Gasteiger partial charge in [0.25, 0.3) is 5.91 Å². The van der Waals surface area contributed by atoms with Crippen LogP contribution >= 0.6 is 11.3 Å². The van der Waals surface area contributed by atoms with Gasteiger partial charge in [-0.2, -0.15) is 5.10 Å². The number of rotatable bonds is 3. The summed E-state index contributed by atoms with van der Waals surface area (Å²) < 4.78 is 0. The molecule has 0 bridgehead atoms. The van der Waals surface area contributed by atoms with Crippen LogP contribution in [0.15, 0.2) is 0 Å². The summed E-state index contributed by atoms with van der Waals surface area (Å²) in [5, 5.41) is 11.6. The lowest BCUT2D eigenvalue weighted by Crippen LogP contribution is -2.28. The van der Waals surface area contributed by atoms with Gasteiger partial charge >= 0.3 is 0 Å². The lowest BCUT2D eigenvalue weighted by molar-refractivity contribution is 0.0959. The Morgan fingerprint density at radius 1 is 1.39 bits per heavy atom. The number of amides is 1. The predicted molar refractivity (Wildman–Crippen MR) is 72.7 cm³/mol. The molecule has 6 nitrogen and oxygen atoms in total. The van der Waals surface area contributed by atoms with Crippen LogP contribution in [-0.4, -0.2) is 29.2 Å². The average molecular weight is 265 g/mol. The number of aryl methyl sites for hydroxylation is 2. The molecule has 0 aliphatic rings. The quantitative estimate of drug-likeness (QED) is 0.752. The van der Waals surface area contributed by atoms with E-state index < -0.39 is 0 Å². The van der Waals surface area contributed by atoms with E-state index in [0.29, 0.717) is 28.5 Å². The van der Waals surface area contributed by atoms with Crippen LogP contribution in [0.3, 0.4) is 0 Å². The molecule has 1 amide bonds. The smallest absolute Gasteiger partial charge is 0.263 e. The van der Waals surface area contributed by atoms with Gasteiger partial charge in [0, 0.05) is 18.5 Å². The third kappa shape index (κ3) is 2.02. The van der Waals surface area contributed by atoms with Gasteiger partial charge < -0.3 is 16.8 Å². The van der Waals surface area contributed by atoms with Crippen molar-refractivity contribution in [2.45, 2.75) is 13.8 Å². The van der Waals surface area contributed by atoms with Crippen LogP contribution in [0.2, 0.25) is 0 Å². The minimum Gasteiger partial charge on any atom is -0.397 e. The summed E-state index contributed by atoms with van der Waals surface area (Å²) in [6.45, 7) is 4.62. The van der Waals surface area contributed by atoms with E-state index in [1.807, 2.05) is 13.8 Å². The molecule has 0 aliphatic carbocycles. The van der Waals surface area contributed by atoms with Crippen molar-refractivity contribution in [1.82, 2.24) is 15.5 Å². The van der Waals surface area contributed by atoms with Gasteiger partial charge in [0.15, 0.2) is 0 Å². The second-order valence-corrected chi connectivity index (χ2v) is 4.98. The molecule has 0 fully saturated rings. The molecule has 2 rings (SSSR count). The molecule has 2 aromatic heterocycles. The van der Waals surface area contributed by atoms with Crippen molar-refractivity contribution >= 4 is 33.1 Å². The number of aromatic nitrogens is 2. The Balaban J connectivity index is 2.51. The Hall–Kier alpha value is -1.73. The highest BCUT2D eigenvalue weighted by Gasteiger charge is 2.19.